The normalized spacial score (nSPS) is 19.1. The van der Waals surface area contributed by atoms with Crippen LogP contribution in [0.15, 0.2) is 41.4 Å². The van der Waals surface area contributed by atoms with Gasteiger partial charge in [0, 0.05) is 24.9 Å². The van der Waals surface area contributed by atoms with Crippen molar-refractivity contribution < 1.29 is 14.3 Å². The molecule has 1 saturated heterocycles. The van der Waals surface area contributed by atoms with E-state index in [4.69, 9.17) is 4.74 Å². The first kappa shape index (κ1) is 17.2. The molecule has 1 unspecified atom stereocenters. The molecule has 1 aromatic heterocycles. The average Bonchev–Trinajstić information content (AvgIpc) is 3.07. The van der Waals surface area contributed by atoms with E-state index in [1.807, 2.05) is 22.3 Å². The van der Waals surface area contributed by atoms with Gasteiger partial charge in [-0.1, -0.05) is 0 Å². The first-order valence-electron chi connectivity index (χ1n) is 8.91. The highest BCUT2D eigenvalue weighted by molar-refractivity contribution is 7.98. The molecule has 2 aliphatic heterocycles. The number of carbonyl (C=O) groups excluding carboxylic acids is 2. The largest absolute Gasteiger partial charge is 0.378 e. The standard InChI is InChI=1S/C19H21N3O3S/c23-18(20-9-8-14-4-1-2-11-25-14)13-6-7-17-15(12-13)21-19(24)16-5-3-10-22(16)26-17/h3,5-7,10,12,14H,1-2,4,8-9,11H2,(H,20,23)(H,21,24). The van der Waals surface area contributed by atoms with Crippen LogP contribution in [0.2, 0.25) is 0 Å². The molecule has 136 valence electrons. The number of hydrogen-bond acceptors (Lipinski definition) is 4. The van der Waals surface area contributed by atoms with Gasteiger partial charge in [-0.25, -0.2) is 0 Å². The molecule has 2 aliphatic rings. The fraction of sp³-hybridized carbons (Fsp3) is 0.368. The predicted molar refractivity (Wildman–Crippen MR) is 101 cm³/mol. The molecule has 1 aromatic carbocycles. The number of ether oxygens (including phenoxy) is 1. The molecule has 0 aliphatic carbocycles. The summed E-state index contributed by atoms with van der Waals surface area (Å²) in [5.41, 5.74) is 1.79. The van der Waals surface area contributed by atoms with Crippen LogP contribution in [0.25, 0.3) is 0 Å². The Labute approximate surface area is 156 Å². The molecule has 1 atom stereocenters. The summed E-state index contributed by atoms with van der Waals surface area (Å²) in [6.45, 7) is 1.41. The van der Waals surface area contributed by atoms with E-state index in [2.05, 4.69) is 10.6 Å². The van der Waals surface area contributed by atoms with Gasteiger partial charge in [0.15, 0.2) is 0 Å². The van der Waals surface area contributed by atoms with Crippen LogP contribution in [0.3, 0.4) is 0 Å². The maximum Gasteiger partial charge on any atom is 0.273 e. The van der Waals surface area contributed by atoms with Crippen molar-refractivity contribution in [3.63, 3.8) is 0 Å². The molecule has 1 fully saturated rings. The van der Waals surface area contributed by atoms with E-state index in [1.165, 1.54) is 18.4 Å². The fourth-order valence-corrected chi connectivity index (χ4v) is 4.17. The van der Waals surface area contributed by atoms with Gasteiger partial charge in [-0.3, -0.25) is 13.6 Å². The average molecular weight is 371 g/mol. The highest BCUT2D eigenvalue weighted by Crippen LogP contribution is 2.33. The zero-order valence-electron chi connectivity index (χ0n) is 14.4. The van der Waals surface area contributed by atoms with E-state index in [0.29, 0.717) is 23.5 Å². The second-order valence-electron chi connectivity index (χ2n) is 6.51. The van der Waals surface area contributed by atoms with Crippen molar-refractivity contribution in [1.82, 2.24) is 9.29 Å². The van der Waals surface area contributed by atoms with Crippen molar-refractivity contribution >= 4 is 29.4 Å². The predicted octanol–water partition coefficient (Wildman–Crippen LogP) is 3.30. The third kappa shape index (κ3) is 3.64. The minimum absolute atomic E-state index is 0.133. The lowest BCUT2D eigenvalue weighted by molar-refractivity contribution is 0.0117. The third-order valence-electron chi connectivity index (χ3n) is 4.66. The van der Waals surface area contributed by atoms with Gasteiger partial charge >= 0.3 is 0 Å². The van der Waals surface area contributed by atoms with E-state index in [1.54, 1.807) is 18.2 Å². The van der Waals surface area contributed by atoms with Crippen molar-refractivity contribution in [3.05, 3.63) is 47.8 Å². The van der Waals surface area contributed by atoms with E-state index in [9.17, 15) is 9.59 Å². The van der Waals surface area contributed by atoms with E-state index < -0.39 is 0 Å². The zero-order chi connectivity index (χ0) is 17.9. The van der Waals surface area contributed by atoms with Crippen LogP contribution in [0.4, 0.5) is 5.69 Å². The van der Waals surface area contributed by atoms with Gasteiger partial charge in [-0.2, -0.15) is 0 Å². The number of rotatable bonds is 4. The minimum Gasteiger partial charge on any atom is -0.378 e. The molecule has 0 radical (unpaired) electrons. The van der Waals surface area contributed by atoms with Crippen LogP contribution in [0, 0.1) is 0 Å². The Morgan fingerprint density at radius 2 is 2.27 bits per heavy atom. The lowest BCUT2D eigenvalue weighted by Crippen LogP contribution is -2.29. The molecule has 2 N–H and O–H groups in total. The van der Waals surface area contributed by atoms with Crippen molar-refractivity contribution in [2.24, 2.45) is 0 Å². The van der Waals surface area contributed by atoms with Gasteiger partial charge in [0.05, 0.1) is 16.7 Å². The van der Waals surface area contributed by atoms with Crippen molar-refractivity contribution in [3.8, 4) is 0 Å². The van der Waals surface area contributed by atoms with Gasteiger partial charge in [0.1, 0.15) is 5.69 Å². The van der Waals surface area contributed by atoms with Crippen molar-refractivity contribution in [2.75, 3.05) is 18.5 Å². The molecule has 0 bridgehead atoms. The van der Waals surface area contributed by atoms with Gasteiger partial charge in [0.2, 0.25) is 0 Å². The number of fused-ring (bicyclic) bond motifs is 2. The number of nitrogens with zero attached hydrogens (tertiary/aromatic N) is 1. The van der Waals surface area contributed by atoms with E-state index >= 15 is 0 Å². The summed E-state index contributed by atoms with van der Waals surface area (Å²) in [5.74, 6) is -0.306. The number of benzene rings is 1. The maximum absolute atomic E-state index is 12.4. The van der Waals surface area contributed by atoms with E-state index in [-0.39, 0.29) is 17.9 Å². The Kier molecular flexibility index (Phi) is 4.99. The molecule has 4 rings (SSSR count). The van der Waals surface area contributed by atoms with Gasteiger partial charge in [-0.15, -0.1) is 0 Å². The molecule has 2 aromatic rings. The lowest BCUT2D eigenvalue weighted by atomic mass is 10.1. The van der Waals surface area contributed by atoms with Crippen LogP contribution >= 0.6 is 11.9 Å². The van der Waals surface area contributed by atoms with Gasteiger partial charge < -0.3 is 15.4 Å². The summed E-state index contributed by atoms with van der Waals surface area (Å²) >= 11 is 1.46. The summed E-state index contributed by atoms with van der Waals surface area (Å²) in [6, 6.07) is 9.01. The topological polar surface area (TPSA) is 72.4 Å². The Bertz CT molecular complexity index is 827. The number of carbonyl (C=O) groups is 2. The SMILES string of the molecule is O=C(NCCC1CCCCO1)c1ccc2c(c1)NC(=O)c1cccn1S2. The lowest BCUT2D eigenvalue weighted by Gasteiger charge is -2.22. The van der Waals surface area contributed by atoms with Crippen LogP contribution in [0.5, 0.6) is 0 Å². The number of anilines is 1. The number of hydrogen-bond donors (Lipinski definition) is 2. The van der Waals surface area contributed by atoms with Gasteiger partial charge in [0.25, 0.3) is 11.8 Å². The first-order chi connectivity index (χ1) is 12.7. The molecule has 6 nitrogen and oxygen atoms in total. The maximum atomic E-state index is 12.4. The summed E-state index contributed by atoms with van der Waals surface area (Å²) in [6.07, 6.45) is 6.33. The van der Waals surface area contributed by atoms with Crippen LogP contribution in [-0.4, -0.2) is 35.0 Å². The molecular formula is C19H21N3O3S. The zero-order valence-corrected chi connectivity index (χ0v) is 15.2. The Morgan fingerprint density at radius 1 is 1.35 bits per heavy atom. The molecule has 26 heavy (non-hydrogen) atoms. The van der Waals surface area contributed by atoms with Gasteiger partial charge in [-0.05, 0) is 68.0 Å². The minimum atomic E-state index is -0.173. The quantitative estimate of drug-likeness (QED) is 0.865. The van der Waals surface area contributed by atoms with Crippen LogP contribution in [0.1, 0.15) is 46.5 Å². The summed E-state index contributed by atoms with van der Waals surface area (Å²) in [4.78, 5) is 25.6. The van der Waals surface area contributed by atoms with E-state index in [0.717, 1.165) is 30.8 Å². The Balaban J connectivity index is 1.41. The van der Waals surface area contributed by atoms with Crippen molar-refractivity contribution in [1.29, 1.82) is 0 Å². The summed E-state index contributed by atoms with van der Waals surface area (Å²) in [5, 5.41) is 5.84. The third-order valence-corrected chi connectivity index (χ3v) is 5.73. The smallest absolute Gasteiger partial charge is 0.273 e. The molecule has 3 heterocycles. The molecule has 7 heteroatoms. The highest BCUT2D eigenvalue weighted by atomic mass is 32.2. The number of nitrogens with one attached hydrogen (secondary N) is 2. The monoisotopic (exact) mass is 371 g/mol. The Hall–Kier alpha value is -2.25. The first-order valence-corrected chi connectivity index (χ1v) is 9.69. The summed E-state index contributed by atoms with van der Waals surface area (Å²) < 4.78 is 7.51. The molecule has 2 amide bonds. The molecular weight excluding hydrogens is 350 g/mol. The molecule has 0 spiro atoms. The van der Waals surface area contributed by atoms with Crippen LogP contribution in [-0.2, 0) is 4.74 Å². The number of aromatic nitrogens is 1. The Morgan fingerprint density at radius 3 is 3.12 bits per heavy atom. The van der Waals surface area contributed by atoms with Crippen molar-refractivity contribution in [2.45, 2.75) is 36.7 Å². The van der Waals surface area contributed by atoms with Crippen LogP contribution < -0.4 is 10.6 Å². The second kappa shape index (κ2) is 7.55. The second-order valence-corrected chi connectivity index (χ2v) is 7.52. The molecule has 0 saturated carbocycles. The highest BCUT2D eigenvalue weighted by Gasteiger charge is 2.21. The fourth-order valence-electron chi connectivity index (χ4n) is 3.25. The number of amides is 2. The summed E-state index contributed by atoms with van der Waals surface area (Å²) in [7, 11) is 0.